The first-order valence-electron chi connectivity index (χ1n) is 16.5. The molecule has 3 heterocycles. The van der Waals surface area contributed by atoms with Crippen LogP contribution < -0.4 is 4.40 Å². The minimum atomic E-state index is 0.681. The van der Waals surface area contributed by atoms with Gasteiger partial charge in [0.25, 0.3) is 11.5 Å². The summed E-state index contributed by atoms with van der Waals surface area (Å²) < 4.78 is 8.61. The van der Waals surface area contributed by atoms with Gasteiger partial charge in [-0.15, -0.1) is 0 Å². The zero-order valence-corrected chi connectivity index (χ0v) is 26.4. The molecule has 3 aromatic heterocycles. The van der Waals surface area contributed by atoms with Crippen molar-refractivity contribution in [3.63, 3.8) is 0 Å². The Labute approximate surface area is 282 Å². The summed E-state index contributed by atoms with van der Waals surface area (Å²) in [5, 5.41) is 6.95. The van der Waals surface area contributed by atoms with Gasteiger partial charge in [0.2, 0.25) is 0 Å². The Morgan fingerprint density at radius 2 is 1.04 bits per heavy atom. The van der Waals surface area contributed by atoms with E-state index in [1.165, 1.54) is 27.3 Å². The van der Waals surface area contributed by atoms with Crippen LogP contribution in [0.3, 0.4) is 0 Å². The van der Waals surface area contributed by atoms with Gasteiger partial charge in [-0.3, -0.25) is 0 Å². The Bertz CT molecular complexity index is 2880. The van der Waals surface area contributed by atoms with Gasteiger partial charge in [-0.25, -0.2) is 0 Å². The summed E-state index contributed by atoms with van der Waals surface area (Å²) >= 11 is 0. The third-order valence-electron chi connectivity index (χ3n) is 9.57. The van der Waals surface area contributed by atoms with Crippen LogP contribution in [0.5, 0.6) is 0 Å². The van der Waals surface area contributed by atoms with Crippen molar-refractivity contribution >= 4 is 49.1 Å². The van der Waals surface area contributed by atoms with E-state index in [9.17, 15) is 0 Å². The lowest BCUT2D eigenvalue weighted by Crippen LogP contribution is -2.27. The van der Waals surface area contributed by atoms with Gasteiger partial charge < -0.3 is 4.42 Å². The van der Waals surface area contributed by atoms with Gasteiger partial charge in [0.15, 0.2) is 0 Å². The summed E-state index contributed by atoms with van der Waals surface area (Å²) in [7, 11) is 0. The van der Waals surface area contributed by atoms with Crippen LogP contribution in [-0.2, 0) is 0 Å². The van der Waals surface area contributed by atoms with Gasteiger partial charge >= 0.3 is 5.82 Å². The van der Waals surface area contributed by atoms with Crippen molar-refractivity contribution in [2.75, 3.05) is 0 Å². The molecule has 0 unspecified atom stereocenters. The molecule has 4 nitrogen and oxygen atoms in total. The number of fused-ring (bicyclic) bond motifs is 6. The summed E-state index contributed by atoms with van der Waals surface area (Å²) in [4.78, 5) is 10.3. The average Bonchev–Trinajstić information content (AvgIpc) is 3.56. The topological polar surface area (TPSA) is 43.0 Å². The van der Waals surface area contributed by atoms with Crippen molar-refractivity contribution in [2.45, 2.75) is 0 Å². The number of rotatable bonds is 4. The van der Waals surface area contributed by atoms with E-state index in [4.69, 9.17) is 14.4 Å². The van der Waals surface area contributed by atoms with Crippen LogP contribution in [0.25, 0.3) is 94.2 Å². The first-order valence-corrected chi connectivity index (χ1v) is 16.5. The maximum Gasteiger partial charge on any atom is 0.308 e. The van der Waals surface area contributed by atoms with Crippen LogP contribution in [0.2, 0.25) is 0 Å². The SMILES string of the molecule is c1ccc2cc(-c3nc(-c4cccc5oc6cccc(-c7ccc(-c8cccc9ccccc89)cc7)c6c45)[n+]4ccccc4n3)ccc2c1. The van der Waals surface area contributed by atoms with Crippen LogP contribution >= 0.6 is 0 Å². The Balaban J connectivity index is 1.17. The summed E-state index contributed by atoms with van der Waals surface area (Å²) in [6.07, 6.45) is 2.03. The quantitative estimate of drug-likeness (QED) is 0.183. The molecule has 0 aliphatic carbocycles. The average molecular weight is 627 g/mol. The lowest BCUT2D eigenvalue weighted by atomic mass is 9.94. The van der Waals surface area contributed by atoms with Crippen LogP contribution in [0.15, 0.2) is 174 Å². The first-order chi connectivity index (χ1) is 24.3. The highest BCUT2D eigenvalue weighted by Crippen LogP contribution is 2.41. The second-order valence-electron chi connectivity index (χ2n) is 12.4. The number of aromatic nitrogens is 3. The van der Waals surface area contributed by atoms with Gasteiger partial charge in [0.05, 0.1) is 17.3 Å². The van der Waals surface area contributed by atoms with Crippen LogP contribution in [0, 0.1) is 0 Å². The van der Waals surface area contributed by atoms with Gasteiger partial charge in [-0.1, -0.05) is 131 Å². The lowest BCUT2D eigenvalue weighted by Gasteiger charge is -2.10. The van der Waals surface area contributed by atoms with E-state index in [2.05, 4.69) is 138 Å². The van der Waals surface area contributed by atoms with E-state index in [1.54, 1.807) is 0 Å². The molecule has 0 amide bonds. The standard InChI is InChI=1S/C45H28N3O/c1-2-12-33-28-34(26-21-29(33)10-1)44-46-41-20-5-6-27-48(41)45(47-44)38-17-9-19-40-43(38)42-37(16-8-18-39(42)49-40)32-24-22-31(23-25-32)36-15-7-13-30-11-3-4-14-35(30)36/h1-28H/q+1. The van der Waals surface area contributed by atoms with Crippen molar-refractivity contribution in [3.8, 4) is 45.0 Å². The molecular weight excluding hydrogens is 599 g/mol. The monoisotopic (exact) mass is 626 g/mol. The number of pyridine rings is 1. The number of furan rings is 1. The van der Waals surface area contributed by atoms with Gasteiger partial charge in [-0.2, -0.15) is 4.40 Å². The largest absolute Gasteiger partial charge is 0.456 e. The number of hydrogen-bond acceptors (Lipinski definition) is 3. The molecule has 10 aromatic rings. The predicted molar refractivity (Wildman–Crippen MR) is 199 cm³/mol. The van der Waals surface area contributed by atoms with Gasteiger partial charge in [-0.05, 0) is 80.2 Å². The van der Waals surface area contributed by atoms with E-state index in [-0.39, 0.29) is 0 Å². The molecule has 228 valence electrons. The minimum Gasteiger partial charge on any atom is -0.456 e. The molecule has 0 bridgehead atoms. The Hall–Kier alpha value is -6.65. The Morgan fingerprint density at radius 3 is 1.88 bits per heavy atom. The first kappa shape index (κ1) is 27.5. The third kappa shape index (κ3) is 4.49. The van der Waals surface area contributed by atoms with E-state index in [0.29, 0.717) is 5.82 Å². The zero-order chi connectivity index (χ0) is 32.3. The molecule has 0 saturated carbocycles. The molecule has 0 aliphatic heterocycles. The van der Waals surface area contributed by atoms with E-state index in [0.717, 1.165) is 61.1 Å². The Morgan fingerprint density at radius 1 is 0.429 bits per heavy atom. The number of hydrogen-bond donors (Lipinski definition) is 0. The minimum absolute atomic E-state index is 0.681. The third-order valence-corrected chi connectivity index (χ3v) is 9.57. The Kier molecular flexibility index (Phi) is 6.15. The normalized spacial score (nSPS) is 11.7. The fourth-order valence-electron chi connectivity index (χ4n) is 7.24. The molecule has 0 saturated heterocycles. The summed E-state index contributed by atoms with van der Waals surface area (Å²) in [5.41, 5.74) is 9.12. The highest BCUT2D eigenvalue weighted by molar-refractivity contribution is 6.17. The zero-order valence-electron chi connectivity index (χ0n) is 26.4. The van der Waals surface area contributed by atoms with E-state index < -0.39 is 0 Å². The van der Waals surface area contributed by atoms with Crippen LogP contribution in [-0.4, -0.2) is 9.97 Å². The second-order valence-corrected chi connectivity index (χ2v) is 12.4. The number of nitrogens with zero attached hydrogens (tertiary/aromatic N) is 3. The smallest absolute Gasteiger partial charge is 0.308 e. The lowest BCUT2D eigenvalue weighted by molar-refractivity contribution is -0.505. The van der Waals surface area contributed by atoms with Crippen LogP contribution in [0.4, 0.5) is 0 Å². The summed E-state index contributed by atoms with van der Waals surface area (Å²) in [6.45, 7) is 0. The number of benzene rings is 7. The van der Waals surface area contributed by atoms with Crippen molar-refractivity contribution in [1.29, 1.82) is 0 Å². The molecule has 10 rings (SSSR count). The second kappa shape index (κ2) is 11.0. The molecule has 7 aromatic carbocycles. The maximum atomic E-state index is 6.54. The molecular formula is C45H28N3O+. The summed E-state index contributed by atoms with van der Waals surface area (Å²) in [6, 6.07) is 57.4. The van der Waals surface area contributed by atoms with Crippen molar-refractivity contribution in [1.82, 2.24) is 9.97 Å². The fourth-order valence-corrected chi connectivity index (χ4v) is 7.24. The van der Waals surface area contributed by atoms with Crippen LogP contribution in [0.1, 0.15) is 0 Å². The van der Waals surface area contributed by atoms with E-state index in [1.807, 2.05) is 36.5 Å². The molecule has 49 heavy (non-hydrogen) atoms. The fraction of sp³-hybridized carbons (Fsp3) is 0. The molecule has 0 spiro atoms. The maximum absolute atomic E-state index is 6.54. The molecule has 0 atom stereocenters. The molecule has 0 aliphatic rings. The van der Waals surface area contributed by atoms with E-state index >= 15 is 0 Å². The highest BCUT2D eigenvalue weighted by atomic mass is 16.3. The molecule has 4 heteroatoms. The molecule has 0 radical (unpaired) electrons. The summed E-state index contributed by atoms with van der Waals surface area (Å²) in [5.74, 6) is 1.49. The van der Waals surface area contributed by atoms with Crippen molar-refractivity contribution < 1.29 is 8.82 Å². The van der Waals surface area contributed by atoms with Crippen molar-refractivity contribution in [3.05, 3.63) is 170 Å². The highest BCUT2D eigenvalue weighted by Gasteiger charge is 2.24. The van der Waals surface area contributed by atoms with Crippen molar-refractivity contribution in [2.24, 2.45) is 0 Å². The van der Waals surface area contributed by atoms with Gasteiger partial charge in [0.1, 0.15) is 11.2 Å². The molecule has 0 N–H and O–H groups in total. The molecule has 0 fully saturated rings. The van der Waals surface area contributed by atoms with Gasteiger partial charge in [0, 0.05) is 16.8 Å². The predicted octanol–water partition coefficient (Wildman–Crippen LogP) is 11.1.